The number of nitrogens with one attached hydrogen (secondary N) is 4. The van der Waals surface area contributed by atoms with Crippen molar-refractivity contribution in [3.05, 3.63) is 64.0 Å². The highest BCUT2D eigenvalue weighted by Gasteiger charge is 2.19. The highest BCUT2D eigenvalue weighted by Crippen LogP contribution is 2.30. The second kappa shape index (κ2) is 9.56. The summed E-state index contributed by atoms with van der Waals surface area (Å²) in [5.74, 6) is -0.379. The first-order valence-electron chi connectivity index (χ1n) is 9.78. The van der Waals surface area contributed by atoms with E-state index in [2.05, 4.69) is 31.3 Å². The number of fused-ring (bicyclic) bond motifs is 1. The zero-order valence-electron chi connectivity index (χ0n) is 17.0. The fourth-order valence-corrected chi connectivity index (χ4v) is 3.48. The molecule has 4 N–H and O–H groups in total. The second-order valence-electron chi connectivity index (χ2n) is 7.10. The largest absolute Gasteiger partial charge is 0.359 e. The molecule has 3 aromatic rings. The van der Waals surface area contributed by atoms with Gasteiger partial charge >= 0.3 is 0 Å². The Hall–Kier alpha value is -3.14. The minimum absolute atomic E-state index is 0.00379. The van der Waals surface area contributed by atoms with Crippen LogP contribution in [-0.2, 0) is 11.3 Å². The molecular weight excluding hydrogens is 456 g/mol. The zero-order chi connectivity index (χ0) is 22.7. The lowest BCUT2D eigenvalue weighted by atomic mass is 10.1. The van der Waals surface area contributed by atoms with E-state index in [1.54, 1.807) is 25.2 Å². The first kappa shape index (κ1) is 22.1. The molecule has 0 saturated heterocycles. The van der Waals surface area contributed by atoms with Crippen molar-refractivity contribution in [3.63, 3.8) is 0 Å². The van der Waals surface area contributed by atoms with Gasteiger partial charge in [0.2, 0.25) is 11.9 Å². The van der Waals surface area contributed by atoms with Crippen LogP contribution in [0.5, 0.6) is 0 Å². The second-order valence-corrected chi connectivity index (χ2v) is 7.91. The summed E-state index contributed by atoms with van der Waals surface area (Å²) < 4.78 is 14.2. The van der Waals surface area contributed by atoms with E-state index in [4.69, 9.17) is 23.2 Å². The molecule has 11 heteroatoms. The number of amides is 1. The van der Waals surface area contributed by atoms with E-state index < -0.39 is 5.82 Å². The van der Waals surface area contributed by atoms with Crippen molar-refractivity contribution in [2.24, 2.45) is 0 Å². The van der Waals surface area contributed by atoms with E-state index in [1.807, 2.05) is 23.2 Å². The number of hydrogen-bond acceptors (Lipinski definition) is 7. The lowest BCUT2D eigenvalue weighted by Crippen LogP contribution is -2.29. The molecule has 8 nitrogen and oxygen atoms in total. The minimum Gasteiger partial charge on any atom is -0.359 e. The lowest BCUT2D eigenvalue weighted by Gasteiger charge is -2.14. The average molecular weight is 476 g/mol. The summed E-state index contributed by atoms with van der Waals surface area (Å²) in [7, 11) is 1.62. The normalized spacial score (nSPS) is 12.8. The van der Waals surface area contributed by atoms with E-state index in [9.17, 15) is 9.18 Å². The summed E-state index contributed by atoms with van der Waals surface area (Å²) in [4.78, 5) is 19.7. The van der Waals surface area contributed by atoms with Gasteiger partial charge in [-0.1, -0.05) is 23.2 Å². The van der Waals surface area contributed by atoms with Crippen molar-refractivity contribution in [2.45, 2.75) is 13.0 Å². The number of hydrazine groups is 1. The smallest absolute Gasteiger partial charge is 0.229 e. The number of aromatic nitrogens is 2. The molecule has 2 aromatic carbocycles. The monoisotopic (exact) mass is 475 g/mol. The van der Waals surface area contributed by atoms with Crippen LogP contribution in [0.25, 0.3) is 0 Å². The third-order valence-electron chi connectivity index (χ3n) is 4.82. The summed E-state index contributed by atoms with van der Waals surface area (Å²) in [6.45, 7) is 1.23. The quantitative estimate of drug-likeness (QED) is 0.393. The molecule has 0 atom stereocenters. The number of carbonyl (C=O) groups excluding carboxylic acids is 1. The Kier molecular flexibility index (Phi) is 6.59. The molecule has 166 valence electrons. The van der Waals surface area contributed by atoms with Crippen LogP contribution in [0.15, 0.2) is 42.6 Å². The number of halogens is 3. The summed E-state index contributed by atoms with van der Waals surface area (Å²) in [6.07, 6.45) is 1.49. The van der Waals surface area contributed by atoms with Gasteiger partial charge in [-0.05, 0) is 42.0 Å². The highest BCUT2D eigenvalue weighted by atomic mass is 35.5. The first-order chi connectivity index (χ1) is 15.4. The van der Waals surface area contributed by atoms with Gasteiger partial charge in [0, 0.05) is 37.9 Å². The lowest BCUT2D eigenvalue weighted by molar-refractivity contribution is -0.120. The number of nitrogens with zero attached hydrogens (tertiary/aromatic N) is 3. The fourth-order valence-electron chi connectivity index (χ4n) is 3.18. The molecular formula is C21H20Cl2FN7O. The maximum absolute atomic E-state index is 14.2. The van der Waals surface area contributed by atoms with Crippen LogP contribution in [0.1, 0.15) is 12.0 Å². The summed E-state index contributed by atoms with van der Waals surface area (Å²) in [5.41, 5.74) is 6.60. The molecule has 0 radical (unpaired) electrons. The van der Waals surface area contributed by atoms with Gasteiger partial charge in [0.15, 0.2) is 11.6 Å². The van der Waals surface area contributed by atoms with Crippen LogP contribution in [0.3, 0.4) is 0 Å². The Labute approximate surface area is 194 Å². The minimum atomic E-state index is -0.605. The molecule has 2 heterocycles. The SMILES string of the molecule is CNC(=O)CCN1Cc2cc(Nc3ncc(F)c(Nc4ccc(Cl)c(Cl)c4)n3)ccc2N1. The van der Waals surface area contributed by atoms with Crippen molar-refractivity contribution in [3.8, 4) is 0 Å². The predicted molar refractivity (Wildman–Crippen MR) is 124 cm³/mol. The van der Waals surface area contributed by atoms with Gasteiger partial charge in [-0.25, -0.2) is 14.4 Å². The van der Waals surface area contributed by atoms with Gasteiger partial charge in [0.1, 0.15) is 0 Å². The van der Waals surface area contributed by atoms with Crippen LogP contribution in [-0.4, -0.2) is 34.5 Å². The van der Waals surface area contributed by atoms with Crippen LogP contribution in [0.4, 0.5) is 33.2 Å². The molecule has 1 aliphatic heterocycles. The van der Waals surface area contributed by atoms with Gasteiger partial charge in [0.25, 0.3) is 0 Å². The molecule has 32 heavy (non-hydrogen) atoms. The molecule has 0 spiro atoms. The molecule has 4 rings (SSSR count). The zero-order valence-corrected chi connectivity index (χ0v) is 18.6. The fraction of sp³-hybridized carbons (Fsp3) is 0.190. The average Bonchev–Trinajstić information content (AvgIpc) is 3.19. The van der Waals surface area contributed by atoms with Crippen molar-refractivity contribution in [1.29, 1.82) is 0 Å². The number of benzene rings is 2. The van der Waals surface area contributed by atoms with Crippen LogP contribution >= 0.6 is 23.2 Å². The Morgan fingerprint density at radius 1 is 1.16 bits per heavy atom. The van der Waals surface area contributed by atoms with Crippen molar-refractivity contribution in [2.75, 3.05) is 29.7 Å². The molecule has 0 fully saturated rings. The molecule has 1 aromatic heterocycles. The van der Waals surface area contributed by atoms with E-state index in [1.165, 1.54) is 0 Å². The predicted octanol–water partition coefficient (Wildman–Crippen LogP) is 4.69. The maximum atomic E-state index is 14.2. The number of hydrogen-bond donors (Lipinski definition) is 4. The van der Waals surface area contributed by atoms with Gasteiger partial charge in [-0.15, -0.1) is 0 Å². The van der Waals surface area contributed by atoms with E-state index in [0.717, 1.165) is 23.1 Å². The summed E-state index contributed by atoms with van der Waals surface area (Å²) in [6, 6.07) is 10.6. The molecule has 0 saturated carbocycles. The molecule has 1 aliphatic rings. The van der Waals surface area contributed by atoms with Crippen LogP contribution < -0.4 is 21.4 Å². The van der Waals surface area contributed by atoms with Gasteiger partial charge < -0.3 is 21.4 Å². The molecule has 0 unspecified atom stereocenters. The van der Waals surface area contributed by atoms with E-state index in [-0.39, 0.29) is 17.7 Å². The van der Waals surface area contributed by atoms with Crippen molar-refractivity contribution >= 4 is 57.9 Å². The number of rotatable bonds is 7. The van der Waals surface area contributed by atoms with Gasteiger partial charge in [0.05, 0.1) is 21.9 Å². The Morgan fingerprint density at radius 2 is 1.94 bits per heavy atom. The number of carbonyl (C=O) groups is 1. The Balaban J connectivity index is 1.44. The maximum Gasteiger partial charge on any atom is 0.229 e. The topological polar surface area (TPSA) is 94.2 Å². The molecule has 0 bridgehead atoms. The third-order valence-corrected chi connectivity index (χ3v) is 5.55. The molecule has 0 aliphatic carbocycles. The van der Waals surface area contributed by atoms with Gasteiger partial charge in [-0.3, -0.25) is 4.79 Å². The Bertz CT molecular complexity index is 1160. The van der Waals surface area contributed by atoms with Crippen LogP contribution in [0.2, 0.25) is 10.0 Å². The van der Waals surface area contributed by atoms with E-state index in [0.29, 0.717) is 35.2 Å². The van der Waals surface area contributed by atoms with Crippen molar-refractivity contribution in [1.82, 2.24) is 20.3 Å². The van der Waals surface area contributed by atoms with E-state index >= 15 is 0 Å². The Morgan fingerprint density at radius 3 is 2.72 bits per heavy atom. The third kappa shape index (κ3) is 5.18. The van der Waals surface area contributed by atoms with Crippen molar-refractivity contribution < 1.29 is 9.18 Å². The number of anilines is 5. The summed E-state index contributed by atoms with van der Waals surface area (Å²) >= 11 is 11.9. The standard InChI is InChI=1S/C21H20Cl2FN7O/c1-25-19(32)6-7-31-11-12-8-13(3-5-18(12)30-31)28-21-26-10-17(24)20(29-21)27-14-2-4-15(22)16(23)9-14/h2-5,8-10,30H,6-7,11H2,1H3,(H,25,32)(H2,26,27,28,29). The first-order valence-corrected chi connectivity index (χ1v) is 10.5. The highest BCUT2D eigenvalue weighted by molar-refractivity contribution is 6.42. The van der Waals surface area contributed by atoms with Gasteiger partial charge in [-0.2, -0.15) is 4.98 Å². The molecule has 1 amide bonds. The summed E-state index contributed by atoms with van der Waals surface area (Å²) in [5, 5.41) is 11.3. The van der Waals surface area contributed by atoms with Crippen LogP contribution in [0, 0.1) is 5.82 Å².